The normalized spacial score (nSPS) is 14.3. The van der Waals surface area contributed by atoms with E-state index in [1.165, 1.54) is 16.4 Å². The molecular weight excluding hydrogens is 301 g/mol. The van der Waals surface area contributed by atoms with Crippen molar-refractivity contribution in [3.8, 4) is 5.75 Å². The van der Waals surface area contributed by atoms with E-state index in [4.69, 9.17) is 0 Å². The quantitative estimate of drug-likeness (QED) is 0.772. The fourth-order valence-electron chi connectivity index (χ4n) is 3.01. The molecule has 2 aromatic rings. The number of aromatic hydroxyl groups is 1. The molecule has 23 heavy (non-hydrogen) atoms. The van der Waals surface area contributed by atoms with Crippen LogP contribution in [0.3, 0.4) is 0 Å². The van der Waals surface area contributed by atoms with Crippen molar-refractivity contribution in [1.82, 2.24) is 5.32 Å². The van der Waals surface area contributed by atoms with E-state index in [-0.39, 0.29) is 5.16 Å². The maximum Gasteiger partial charge on any atom is 0.122 e. The summed E-state index contributed by atoms with van der Waals surface area (Å²) in [7, 11) is 2.60. The van der Waals surface area contributed by atoms with Crippen LogP contribution in [0.5, 0.6) is 5.75 Å². The molecule has 0 saturated carbocycles. The summed E-state index contributed by atoms with van der Waals surface area (Å²) in [5.74, 6) is 0.457. The van der Waals surface area contributed by atoms with E-state index in [9.17, 15) is 5.11 Å². The molecule has 2 unspecified atom stereocenters. The molecule has 0 aliphatic rings. The first-order valence-electron chi connectivity index (χ1n) is 8.22. The van der Waals surface area contributed by atoms with Crippen molar-refractivity contribution < 1.29 is 5.11 Å². The van der Waals surface area contributed by atoms with E-state index >= 15 is 0 Å². The highest BCUT2D eigenvalue weighted by atomic mass is 31.1. The summed E-state index contributed by atoms with van der Waals surface area (Å²) in [6, 6.07) is 12.8. The minimum absolute atomic E-state index is 0.0509. The van der Waals surface area contributed by atoms with Crippen LogP contribution in [0.25, 0.3) is 0 Å². The van der Waals surface area contributed by atoms with Gasteiger partial charge in [-0.05, 0) is 43.7 Å². The molecule has 0 aliphatic heterocycles. The van der Waals surface area contributed by atoms with Crippen LogP contribution in [-0.2, 0) is 11.7 Å². The van der Waals surface area contributed by atoms with Gasteiger partial charge >= 0.3 is 0 Å². The lowest BCUT2D eigenvalue weighted by Gasteiger charge is -2.31. The predicted octanol–water partition coefficient (Wildman–Crippen LogP) is 4.36. The molecule has 2 aromatic carbocycles. The number of hydrogen-bond acceptors (Lipinski definition) is 2. The van der Waals surface area contributed by atoms with E-state index in [0.29, 0.717) is 14.3 Å². The summed E-state index contributed by atoms with van der Waals surface area (Å²) < 4.78 is 0. The zero-order valence-corrected chi connectivity index (χ0v) is 15.8. The van der Waals surface area contributed by atoms with Crippen molar-refractivity contribution >= 4 is 13.9 Å². The molecule has 0 spiro atoms. The van der Waals surface area contributed by atoms with Crippen LogP contribution in [0.15, 0.2) is 36.4 Å². The molecule has 124 valence electrons. The number of aryl methyl sites for hydroxylation is 2. The smallest absolute Gasteiger partial charge is 0.122 e. The van der Waals surface area contributed by atoms with Crippen molar-refractivity contribution in [3.05, 3.63) is 58.7 Å². The largest absolute Gasteiger partial charge is 0.507 e. The number of hydrogen-bond donors (Lipinski definition) is 2. The second-order valence-corrected chi connectivity index (χ2v) is 8.37. The fraction of sp³-hybridized carbons (Fsp3) is 0.400. The third kappa shape index (κ3) is 3.94. The van der Waals surface area contributed by atoms with Crippen LogP contribution in [0.1, 0.15) is 42.5 Å². The Kier molecular flexibility index (Phi) is 5.84. The van der Waals surface area contributed by atoms with Gasteiger partial charge in [0.05, 0.1) is 0 Å². The minimum Gasteiger partial charge on any atom is -0.507 e. The topological polar surface area (TPSA) is 32.3 Å². The van der Waals surface area contributed by atoms with E-state index in [1.54, 1.807) is 0 Å². The first-order chi connectivity index (χ1) is 10.9. The molecule has 0 heterocycles. The summed E-state index contributed by atoms with van der Waals surface area (Å²) in [5, 5.41) is 15.2. The van der Waals surface area contributed by atoms with Gasteiger partial charge in [-0.1, -0.05) is 64.4 Å². The molecular formula is C20H28NOP. The van der Waals surface area contributed by atoms with E-state index in [1.807, 2.05) is 20.0 Å². The minimum atomic E-state index is -0.0509. The predicted molar refractivity (Wildman–Crippen MR) is 102 cm³/mol. The fourth-order valence-corrected chi connectivity index (χ4v) is 4.62. The van der Waals surface area contributed by atoms with Crippen LogP contribution in [0.4, 0.5) is 0 Å². The monoisotopic (exact) mass is 329 g/mol. The Morgan fingerprint density at radius 2 is 1.87 bits per heavy atom. The summed E-state index contributed by atoms with van der Waals surface area (Å²) in [4.78, 5) is 0. The first-order valence-corrected chi connectivity index (χ1v) is 9.22. The summed E-state index contributed by atoms with van der Waals surface area (Å²) in [5.41, 5.74) is 4.60. The average Bonchev–Trinajstić information content (AvgIpc) is 2.53. The SMILES string of the molecule is CCC(C)(Pc1ccccc1CNC)c1cc(C)cc(C)c1O. The third-order valence-corrected chi connectivity index (χ3v) is 6.47. The molecule has 2 atom stereocenters. The molecule has 2 rings (SSSR count). The number of benzene rings is 2. The maximum absolute atomic E-state index is 10.6. The summed E-state index contributed by atoms with van der Waals surface area (Å²) in [6.45, 7) is 9.45. The van der Waals surface area contributed by atoms with Gasteiger partial charge in [0.25, 0.3) is 0 Å². The first kappa shape index (κ1) is 18.0. The number of phenols is 1. The van der Waals surface area contributed by atoms with Crippen molar-refractivity contribution in [2.45, 2.75) is 45.8 Å². The average molecular weight is 329 g/mol. The number of nitrogens with one attached hydrogen (secondary N) is 1. The van der Waals surface area contributed by atoms with Gasteiger partial charge in [-0.2, -0.15) is 0 Å². The van der Waals surface area contributed by atoms with Crippen LogP contribution in [0.2, 0.25) is 0 Å². The Balaban J connectivity index is 2.47. The van der Waals surface area contributed by atoms with Gasteiger partial charge < -0.3 is 10.4 Å². The second kappa shape index (κ2) is 7.47. The van der Waals surface area contributed by atoms with Gasteiger partial charge in [0.2, 0.25) is 0 Å². The summed E-state index contributed by atoms with van der Waals surface area (Å²) >= 11 is 0. The van der Waals surface area contributed by atoms with E-state index < -0.39 is 0 Å². The van der Waals surface area contributed by atoms with Crippen LogP contribution in [-0.4, -0.2) is 12.2 Å². The number of phenolic OH excluding ortho intramolecular Hbond substituents is 1. The lowest BCUT2D eigenvalue weighted by molar-refractivity contribution is 0.452. The Morgan fingerprint density at radius 3 is 2.52 bits per heavy atom. The van der Waals surface area contributed by atoms with Crippen molar-refractivity contribution in [1.29, 1.82) is 0 Å². The van der Waals surface area contributed by atoms with Crippen molar-refractivity contribution in [3.63, 3.8) is 0 Å². The molecule has 0 aromatic heterocycles. The molecule has 2 N–H and O–H groups in total. The van der Waals surface area contributed by atoms with Gasteiger partial charge in [-0.15, -0.1) is 0 Å². The molecule has 0 radical (unpaired) electrons. The van der Waals surface area contributed by atoms with Crippen LogP contribution < -0.4 is 10.6 Å². The Morgan fingerprint density at radius 1 is 1.17 bits per heavy atom. The lowest BCUT2D eigenvalue weighted by atomic mass is 9.93. The molecule has 0 aliphatic carbocycles. The van der Waals surface area contributed by atoms with Crippen molar-refractivity contribution in [2.24, 2.45) is 0 Å². The van der Waals surface area contributed by atoms with Gasteiger partial charge in [-0.25, -0.2) is 0 Å². The molecule has 2 nitrogen and oxygen atoms in total. The van der Waals surface area contributed by atoms with Gasteiger partial charge in [0, 0.05) is 17.3 Å². The highest BCUT2D eigenvalue weighted by molar-refractivity contribution is 7.48. The Bertz CT molecular complexity index is 683. The number of rotatable bonds is 6. The third-order valence-electron chi connectivity index (χ3n) is 4.54. The molecule has 0 amide bonds. The standard InChI is InChI=1S/C20H28NOP/c1-6-20(4,17-12-14(2)11-15(3)19(17)22)23-18-10-8-7-9-16(18)13-21-5/h7-12,21-23H,6,13H2,1-5H3. The molecule has 0 saturated heterocycles. The van der Waals surface area contributed by atoms with Gasteiger partial charge in [0.15, 0.2) is 0 Å². The Labute approximate surface area is 142 Å². The molecule has 0 fully saturated rings. The molecule has 0 bridgehead atoms. The summed E-state index contributed by atoms with van der Waals surface area (Å²) in [6.07, 6.45) is 0.996. The van der Waals surface area contributed by atoms with Crippen LogP contribution in [0, 0.1) is 13.8 Å². The lowest BCUT2D eigenvalue weighted by Crippen LogP contribution is -2.22. The Hall–Kier alpha value is -1.37. The van der Waals surface area contributed by atoms with Crippen LogP contribution >= 0.6 is 8.58 Å². The second-order valence-electron chi connectivity index (χ2n) is 6.48. The van der Waals surface area contributed by atoms with E-state index in [0.717, 1.165) is 24.1 Å². The highest BCUT2D eigenvalue weighted by Gasteiger charge is 2.29. The zero-order chi connectivity index (χ0) is 17.0. The van der Waals surface area contributed by atoms with Crippen molar-refractivity contribution in [2.75, 3.05) is 7.05 Å². The highest BCUT2D eigenvalue weighted by Crippen LogP contribution is 2.48. The van der Waals surface area contributed by atoms with Gasteiger partial charge in [0.1, 0.15) is 5.75 Å². The maximum atomic E-state index is 10.6. The van der Waals surface area contributed by atoms with E-state index in [2.05, 4.69) is 56.4 Å². The van der Waals surface area contributed by atoms with Gasteiger partial charge in [-0.3, -0.25) is 0 Å². The zero-order valence-electron chi connectivity index (χ0n) is 14.8. The molecule has 3 heteroatoms.